The van der Waals surface area contributed by atoms with Gasteiger partial charge in [-0.3, -0.25) is 4.90 Å². The molecular formula is C18H25F3N2O3S. The van der Waals surface area contributed by atoms with Crippen molar-refractivity contribution in [3.05, 3.63) is 29.8 Å². The van der Waals surface area contributed by atoms with E-state index >= 15 is 0 Å². The Labute approximate surface area is 158 Å². The summed E-state index contributed by atoms with van der Waals surface area (Å²) in [4.78, 5) is 1.49. The molecule has 0 amide bonds. The monoisotopic (exact) mass is 406 g/mol. The highest BCUT2D eigenvalue weighted by atomic mass is 32.2. The lowest BCUT2D eigenvalue weighted by atomic mass is 10.1. The van der Waals surface area contributed by atoms with E-state index in [-0.39, 0.29) is 24.8 Å². The Balaban J connectivity index is 1.84. The van der Waals surface area contributed by atoms with Crippen molar-refractivity contribution in [3.63, 3.8) is 0 Å². The Morgan fingerprint density at radius 2 is 1.78 bits per heavy atom. The molecule has 3 atom stereocenters. The van der Waals surface area contributed by atoms with Gasteiger partial charge in [0.05, 0.1) is 22.7 Å². The van der Waals surface area contributed by atoms with Crippen LogP contribution < -0.4 is 0 Å². The van der Waals surface area contributed by atoms with Crippen LogP contribution in [0.4, 0.5) is 13.2 Å². The molecule has 9 heteroatoms. The third kappa shape index (κ3) is 4.47. The van der Waals surface area contributed by atoms with Crippen molar-refractivity contribution in [2.24, 2.45) is 0 Å². The van der Waals surface area contributed by atoms with Crippen LogP contribution in [0.5, 0.6) is 0 Å². The maximum atomic E-state index is 13.3. The molecule has 0 spiro atoms. The highest BCUT2D eigenvalue weighted by Gasteiger charge is 2.42. The van der Waals surface area contributed by atoms with E-state index in [0.717, 1.165) is 12.1 Å². The van der Waals surface area contributed by atoms with Crippen molar-refractivity contribution < 1.29 is 26.3 Å². The van der Waals surface area contributed by atoms with Crippen LogP contribution in [-0.2, 0) is 20.9 Å². The standard InChI is InChI=1S/C18H25F3N2O3S/c1-13-10-22(11-14(2)26-13)12-15-6-5-9-23(15)27(24,25)17-8-4-3-7-16(17)18(19,20)21/h3-4,7-8,13-15H,5-6,9-12H2,1-2H3. The molecule has 5 nitrogen and oxygen atoms in total. The van der Waals surface area contributed by atoms with Gasteiger partial charge in [-0.2, -0.15) is 17.5 Å². The number of halogens is 3. The lowest BCUT2D eigenvalue weighted by Gasteiger charge is -2.38. The van der Waals surface area contributed by atoms with Crippen LogP contribution in [0.3, 0.4) is 0 Å². The molecule has 0 N–H and O–H groups in total. The quantitative estimate of drug-likeness (QED) is 0.772. The van der Waals surface area contributed by atoms with Gasteiger partial charge in [-0.25, -0.2) is 8.42 Å². The van der Waals surface area contributed by atoms with E-state index in [4.69, 9.17) is 4.74 Å². The predicted octanol–water partition coefficient (Wildman–Crippen LogP) is 2.97. The topological polar surface area (TPSA) is 49.9 Å². The van der Waals surface area contributed by atoms with Crippen molar-refractivity contribution in [2.45, 2.75) is 56.0 Å². The molecule has 152 valence electrons. The fourth-order valence-electron chi connectivity index (χ4n) is 4.09. The molecule has 27 heavy (non-hydrogen) atoms. The summed E-state index contributed by atoms with van der Waals surface area (Å²) >= 11 is 0. The van der Waals surface area contributed by atoms with Crippen LogP contribution in [0, 0.1) is 0 Å². The van der Waals surface area contributed by atoms with Gasteiger partial charge in [-0.05, 0) is 38.8 Å². The van der Waals surface area contributed by atoms with E-state index in [9.17, 15) is 21.6 Å². The smallest absolute Gasteiger partial charge is 0.373 e. The molecule has 3 unspecified atom stereocenters. The highest BCUT2D eigenvalue weighted by molar-refractivity contribution is 7.89. The van der Waals surface area contributed by atoms with Crippen molar-refractivity contribution in [3.8, 4) is 0 Å². The van der Waals surface area contributed by atoms with Gasteiger partial charge in [0.25, 0.3) is 0 Å². The van der Waals surface area contributed by atoms with Crippen LogP contribution in [0.1, 0.15) is 32.3 Å². The van der Waals surface area contributed by atoms with Gasteiger partial charge in [0.15, 0.2) is 0 Å². The molecule has 2 fully saturated rings. The van der Waals surface area contributed by atoms with Crippen molar-refractivity contribution in [2.75, 3.05) is 26.2 Å². The second-order valence-corrected chi connectivity index (χ2v) is 9.24. The van der Waals surface area contributed by atoms with Gasteiger partial charge >= 0.3 is 6.18 Å². The average molecular weight is 406 g/mol. The van der Waals surface area contributed by atoms with Gasteiger partial charge in [0.1, 0.15) is 0 Å². The molecule has 0 aromatic heterocycles. The van der Waals surface area contributed by atoms with Gasteiger partial charge in [0.2, 0.25) is 10.0 Å². The number of alkyl halides is 3. The molecular weight excluding hydrogens is 381 g/mol. The number of sulfonamides is 1. The van der Waals surface area contributed by atoms with Gasteiger partial charge in [-0.1, -0.05) is 12.1 Å². The zero-order valence-electron chi connectivity index (χ0n) is 15.4. The highest BCUT2D eigenvalue weighted by Crippen LogP contribution is 2.37. The molecule has 3 rings (SSSR count). The molecule has 2 aliphatic rings. The SMILES string of the molecule is CC1CN(CC2CCCN2S(=O)(=O)c2ccccc2C(F)(F)F)CC(C)O1. The number of ether oxygens (including phenoxy) is 1. The maximum absolute atomic E-state index is 13.3. The number of rotatable bonds is 4. The fraction of sp³-hybridized carbons (Fsp3) is 0.667. The summed E-state index contributed by atoms with van der Waals surface area (Å²) in [6.45, 7) is 6.05. The zero-order chi connectivity index (χ0) is 19.8. The van der Waals surface area contributed by atoms with Crippen LogP contribution in [0.2, 0.25) is 0 Å². The number of morpholine rings is 1. The summed E-state index contributed by atoms with van der Waals surface area (Å²) in [5.74, 6) is 0. The van der Waals surface area contributed by atoms with Crippen LogP contribution in [0.15, 0.2) is 29.2 Å². The number of hydrogen-bond donors (Lipinski definition) is 0. The van der Waals surface area contributed by atoms with Crippen LogP contribution >= 0.6 is 0 Å². The Morgan fingerprint density at radius 1 is 1.15 bits per heavy atom. The minimum absolute atomic E-state index is 0.0474. The number of benzene rings is 1. The van der Waals surface area contributed by atoms with Crippen molar-refractivity contribution >= 4 is 10.0 Å². The molecule has 1 aromatic rings. The normalized spacial score (nSPS) is 28.6. The fourth-order valence-corrected chi connectivity index (χ4v) is 5.99. The van der Waals surface area contributed by atoms with Gasteiger partial charge < -0.3 is 4.74 Å². The van der Waals surface area contributed by atoms with E-state index in [1.807, 2.05) is 13.8 Å². The Hall–Kier alpha value is -1.16. The molecule has 0 radical (unpaired) electrons. The van der Waals surface area contributed by atoms with Crippen LogP contribution in [-0.4, -0.2) is 62.1 Å². The minimum Gasteiger partial charge on any atom is -0.373 e. The van der Waals surface area contributed by atoms with Crippen LogP contribution in [0.25, 0.3) is 0 Å². The second kappa shape index (κ2) is 7.69. The molecule has 2 saturated heterocycles. The van der Waals surface area contributed by atoms with Gasteiger partial charge in [0, 0.05) is 32.2 Å². The molecule has 0 aliphatic carbocycles. The minimum atomic E-state index is -4.71. The molecule has 1 aromatic carbocycles. The largest absolute Gasteiger partial charge is 0.417 e. The first-order valence-electron chi connectivity index (χ1n) is 9.15. The third-order valence-corrected chi connectivity index (χ3v) is 7.08. The van der Waals surface area contributed by atoms with E-state index in [0.29, 0.717) is 32.5 Å². The molecule has 2 aliphatic heterocycles. The first-order chi connectivity index (χ1) is 12.6. The summed E-state index contributed by atoms with van der Waals surface area (Å²) < 4.78 is 73.0. The molecule has 0 bridgehead atoms. The van der Waals surface area contributed by atoms with Gasteiger partial charge in [-0.15, -0.1) is 0 Å². The first-order valence-corrected chi connectivity index (χ1v) is 10.6. The Bertz CT molecular complexity index is 759. The molecule has 0 saturated carbocycles. The average Bonchev–Trinajstić information content (AvgIpc) is 3.02. The zero-order valence-corrected chi connectivity index (χ0v) is 16.3. The Kier molecular flexibility index (Phi) is 5.86. The lowest BCUT2D eigenvalue weighted by Crippen LogP contribution is -2.51. The summed E-state index contributed by atoms with van der Waals surface area (Å²) in [6.07, 6.45) is -3.33. The van der Waals surface area contributed by atoms with Crippen molar-refractivity contribution in [1.82, 2.24) is 9.21 Å². The summed E-state index contributed by atoms with van der Waals surface area (Å²) in [5, 5.41) is 0. The third-order valence-electron chi connectivity index (χ3n) is 5.07. The number of hydrogen-bond acceptors (Lipinski definition) is 4. The van der Waals surface area contributed by atoms with E-state index in [1.54, 1.807) is 0 Å². The predicted molar refractivity (Wildman–Crippen MR) is 94.8 cm³/mol. The maximum Gasteiger partial charge on any atom is 0.417 e. The summed E-state index contributed by atoms with van der Waals surface area (Å²) in [5.41, 5.74) is -1.11. The summed E-state index contributed by atoms with van der Waals surface area (Å²) in [6, 6.07) is 4.09. The number of nitrogens with zero attached hydrogens (tertiary/aromatic N) is 2. The lowest BCUT2D eigenvalue weighted by molar-refractivity contribution is -0.139. The van der Waals surface area contributed by atoms with E-state index in [2.05, 4.69) is 4.90 Å². The van der Waals surface area contributed by atoms with Crippen molar-refractivity contribution in [1.29, 1.82) is 0 Å². The van der Waals surface area contributed by atoms with E-state index in [1.165, 1.54) is 16.4 Å². The first kappa shape index (κ1) is 20.6. The Morgan fingerprint density at radius 3 is 2.41 bits per heavy atom. The molecule has 2 heterocycles. The second-order valence-electron chi connectivity index (χ2n) is 7.38. The van der Waals surface area contributed by atoms with E-state index < -0.39 is 26.7 Å². The summed E-state index contributed by atoms with van der Waals surface area (Å²) in [7, 11) is -4.22.